The molecule has 0 aliphatic heterocycles. The maximum Gasteiger partial charge on any atom is 0.359 e. The topological polar surface area (TPSA) is 108 Å². The van der Waals surface area contributed by atoms with Gasteiger partial charge in [0.1, 0.15) is 11.6 Å². The zero-order valence-electron chi connectivity index (χ0n) is 18.8. The van der Waals surface area contributed by atoms with Gasteiger partial charge in [-0.25, -0.2) is 18.5 Å². The zero-order valence-corrected chi connectivity index (χ0v) is 18.8. The molecule has 0 fully saturated rings. The quantitative estimate of drug-likeness (QED) is 0.439. The van der Waals surface area contributed by atoms with E-state index in [4.69, 9.17) is 4.74 Å². The smallest absolute Gasteiger partial charge is 0.359 e. The summed E-state index contributed by atoms with van der Waals surface area (Å²) < 4.78 is 21.1. The van der Waals surface area contributed by atoms with Gasteiger partial charge in [0.25, 0.3) is 11.5 Å². The number of fused-ring (bicyclic) bond motifs is 1. The van der Waals surface area contributed by atoms with Crippen molar-refractivity contribution >= 4 is 28.5 Å². The van der Waals surface area contributed by atoms with Crippen LogP contribution in [0.1, 0.15) is 36.1 Å². The van der Waals surface area contributed by atoms with E-state index in [1.807, 2.05) is 0 Å². The molecule has 4 aromatic rings. The van der Waals surface area contributed by atoms with E-state index in [1.165, 1.54) is 33.6 Å². The summed E-state index contributed by atoms with van der Waals surface area (Å²) in [6.45, 7) is 4.72. The molecule has 34 heavy (non-hydrogen) atoms. The van der Waals surface area contributed by atoms with Gasteiger partial charge in [-0.15, -0.1) is 0 Å². The number of amides is 1. The van der Waals surface area contributed by atoms with E-state index in [0.717, 1.165) is 0 Å². The van der Waals surface area contributed by atoms with Crippen LogP contribution in [0.5, 0.6) is 0 Å². The lowest BCUT2D eigenvalue weighted by Gasteiger charge is -2.13. The van der Waals surface area contributed by atoms with E-state index < -0.39 is 24.3 Å². The van der Waals surface area contributed by atoms with Gasteiger partial charge in [-0.3, -0.25) is 9.59 Å². The second-order valence-corrected chi connectivity index (χ2v) is 7.92. The highest BCUT2D eigenvalue weighted by Crippen LogP contribution is 2.18. The van der Waals surface area contributed by atoms with Crippen molar-refractivity contribution in [3.63, 3.8) is 0 Å². The number of halogens is 1. The molecule has 2 aromatic heterocycles. The summed E-state index contributed by atoms with van der Waals surface area (Å²) in [5.74, 6) is -1.49. The number of nitrogens with one attached hydrogen (secondary N) is 1. The van der Waals surface area contributed by atoms with Crippen molar-refractivity contribution in [3.05, 3.63) is 82.2 Å². The van der Waals surface area contributed by atoms with Crippen molar-refractivity contribution in [1.29, 1.82) is 0 Å². The molecule has 0 aliphatic rings. The van der Waals surface area contributed by atoms with Crippen molar-refractivity contribution in [1.82, 2.24) is 19.6 Å². The molecule has 0 atom stereocenters. The molecule has 1 amide bonds. The Balaban J connectivity index is 1.52. The molecular formula is C24H22FN5O4. The number of hydrogen-bond donors (Lipinski definition) is 1. The van der Waals surface area contributed by atoms with E-state index in [-0.39, 0.29) is 17.3 Å². The van der Waals surface area contributed by atoms with Gasteiger partial charge in [0, 0.05) is 11.5 Å². The Bertz CT molecular complexity index is 1440. The average molecular weight is 463 g/mol. The summed E-state index contributed by atoms with van der Waals surface area (Å²) in [4.78, 5) is 38.0. The normalized spacial score (nSPS) is 11.1. The van der Waals surface area contributed by atoms with E-state index in [1.54, 1.807) is 51.1 Å². The first-order chi connectivity index (χ1) is 16.2. The molecule has 9 nitrogen and oxygen atoms in total. The van der Waals surface area contributed by atoms with Crippen LogP contribution < -0.4 is 10.9 Å². The van der Waals surface area contributed by atoms with Gasteiger partial charge in [-0.05, 0) is 51.1 Å². The number of nitrogens with zero attached hydrogens (tertiary/aromatic N) is 4. The summed E-state index contributed by atoms with van der Waals surface area (Å²) in [5.41, 5.74) is 0.810. The molecule has 1 N–H and O–H groups in total. The minimum Gasteiger partial charge on any atom is -0.451 e. The summed E-state index contributed by atoms with van der Waals surface area (Å²) in [6.07, 6.45) is 0. The predicted molar refractivity (Wildman–Crippen MR) is 124 cm³/mol. The van der Waals surface area contributed by atoms with Crippen LogP contribution in [0.3, 0.4) is 0 Å². The van der Waals surface area contributed by atoms with Crippen LogP contribution >= 0.6 is 0 Å². The molecule has 0 radical (unpaired) electrons. The second-order valence-electron chi connectivity index (χ2n) is 7.92. The molecule has 0 saturated heterocycles. The lowest BCUT2D eigenvalue weighted by molar-refractivity contribution is -0.119. The highest BCUT2D eigenvalue weighted by Gasteiger charge is 2.20. The van der Waals surface area contributed by atoms with E-state index in [0.29, 0.717) is 28.0 Å². The molecule has 4 rings (SSSR count). The summed E-state index contributed by atoms with van der Waals surface area (Å²) >= 11 is 0. The summed E-state index contributed by atoms with van der Waals surface area (Å²) in [6, 6.07) is 13.6. The molecule has 0 bridgehead atoms. The van der Waals surface area contributed by atoms with Crippen molar-refractivity contribution in [2.45, 2.75) is 26.8 Å². The van der Waals surface area contributed by atoms with Crippen LogP contribution in [-0.4, -0.2) is 38.0 Å². The van der Waals surface area contributed by atoms with Crippen LogP contribution in [0.25, 0.3) is 16.5 Å². The second kappa shape index (κ2) is 9.26. The van der Waals surface area contributed by atoms with E-state index >= 15 is 0 Å². The number of hydrogen-bond acceptors (Lipinski definition) is 6. The molecule has 0 spiro atoms. The molecule has 2 aromatic carbocycles. The van der Waals surface area contributed by atoms with Crippen LogP contribution in [0.15, 0.2) is 59.4 Å². The van der Waals surface area contributed by atoms with Gasteiger partial charge in [-0.2, -0.15) is 10.2 Å². The average Bonchev–Trinajstić information content (AvgIpc) is 3.18. The fourth-order valence-corrected chi connectivity index (χ4v) is 3.45. The van der Waals surface area contributed by atoms with Crippen LogP contribution in [-0.2, 0) is 9.53 Å². The monoisotopic (exact) mass is 463 g/mol. The number of anilines is 1. The van der Waals surface area contributed by atoms with E-state index in [9.17, 15) is 18.8 Å². The minimum absolute atomic E-state index is 0.0519. The number of esters is 1. The predicted octanol–water partition coefficient (Wildman–Crippen LogP) is 3.41. The van der Waals surface area contributed by atoms with Crippen LogP contribution in [0.4, 0.5) is 10.2 Å². The minimum atomic E-state index is -0.830. The Hall–Kier alpha value is -4.34. The third-order valence-electron chi connectivity index (χ3n) is 5.02. The maximum atomic E-state index is 13.3. The highest BCUT2D eigenvalue weighted by molar-refractivity contribution is 6.03. The van der Waals surface area contributed by atoms with Crippen molar-refractivity contribution in [2.75, 3.05) is 11.9 Å². The molecular weight excluding hydrogens is 441 g/mol. The van der Waals surface area contributed by atoms with Gasteiger partial charge < -0.3 is 10.1 Å². The van der Waals surface area contributed by atoms with Crippen LogP contribution in [0, 0.1) is 12.7 Å². The third kappa shape index (κ3) is 4.56. The Labute approximate surface area is 193 Å². The first-order valence-electron chi connectivity index (χ1n) is 10.6. The Morgan fingerprint density at radius 1 is 1.06 bits per heavy atom. The Morgan fingerprint density at radius 2 is 1.74 bits per heavy atom. The van der Waals surface area contributed by atoms with Gasteiger partial charge >= 0.3 is 5.97 Å². The number of carbonyl (C=O) groups excluding carboxylic acids is 2. The number of carbonyl (C=O) groups is 2. The largest absolute Gasteiger partial charge is 0.451 e. The molecule has 0 unspecified atom stereocenters. The zero-order chi connectivity index (χ0) is 24.4. The molecule has 10 heteroatoms. The first kappa shape index (κ1) is 22.8. The standard InChI is InChI=1S/C24H22FN5O4/c1-14(2)29-23(32)19-7-5-4-6-18(19)22(28-29)24(33)34-13-21(31)26-20-12-15(3)27-30(20)17-10-8-16(25)9-11-17/h4-12,14H,13H2,1-3H3,(H,26,31). The molecule has 0 aliphatic carbocycles. The third-order valence-corrected chi connectivity index (χ3v) is 5.02. The van der Waals surface area contributed by atoms with Gasteiger partial charge in [0.15, 0.2) is 12.3 Å². The number of aryl methyl sites for hydroxylation is 1. The lowest BCUT2D eigenvalue weighted by Crippen LogP contribution is -2.29. The van der Waals surface area contributed by atoms with E-state index in [2.05, 4.69) is 15.5 Å². The van der Waals surface area contributed by atoms with Gasteiger partial charge in [-0.1, -0.05) is 18.2 Å². The van der Waals surface area contributed by atoms with Crippen LogP contribution in [0.2, 0.25) is 0 Å². The molecule has 0 saturated carbocycles. The highest BCUT2D eigenvalue weighted by atomic mass is 19.1. The van der Waals surface area contributed by atoms with Crippen molar-refractivity contribution < 1.29 is 18.7 Å². The van der Waals surface area contributed by atoms with Crippen molar-refractivity contribution in [3.8, 4) is 5.69 Å². The number of benzene rings is 2. The number of ether oxygens (including phenoxy) is 1. The Kier molecular flexibility index (Phi) is 6.22. The first-order valence-corrected chi connectivity index (χ1v) is 10.6. The summed E-state index contributed by atoms with van der Waals surface area (Å²) in [5, 5.41) is 11.8. The van der Waals surface area contributed by atoms with Gasteiger partial charge in [0.05, 0.1) is 22.8 Å². The SMILES string of the molecule is Cc1cc(NC(=O)COC(=O)c2nn(C(C)C)c(=O)c3ccccc23)n(-c2ccc(F)cc2)n1. The molecule has 2 heterocycles. The lowest BCUT2D eigenvalue weighted by atomic mass is 10.1. The number of aromatic nitrogens is 4. The summed E-state index contributed by atoms with van der Waals surface area (Å²) in [7, 11) is 0. The number of rotatable bonds is 6. The molecule has 174 valence electrons. The van der Waals surface area contributed by atoms with Gasteiger partial charge in [0.2, 0.25) is 0 Å². The fraction of sp³-hybridized carbons (Fsp3) is 0.208. The fourth-order valence-electron chi connectivity index (χ4n) is 3.45. The Morgan fingerprint density at radius 3 is 2.41 bits per heavy atom. The maximum absolute atomic E-state index is 13.3. The van der Waals surface area contributed by atoms with Crippen molar-refractivity contribution in [2.24, 2.45) is 0 Å².